The summed E-state index contributed by atoms with van der Waals surface area (Å²) in [5, 5.41) is 28.8. The van der Waals surface area contributed by atoms with E-state index in [0.717, 1.165) is 0 Å². The van der Waals surface area contributed by atoms with Crippen molar-refractivity contribution >= 4 is 17.0 Å². The van der Waals surface area contributed by atoms with Crippen molar-refractivity contribution in [3.05, 3.63) is 0 Å². The third-order valence-electron chi connectivity index (χ3n) is 1.50. The van der Waals surface area contributed by atoms with Crippen LogP contribution in [0.4, 0.5) is 0 Å². The predicted octanol–water partition coefficient (Wildman–Crippen LogP) is -0.517. The molecule has 0 rings (SSSR count). The normalized spacial score (nSPS) is 15.0. The molecule has 0 bridgehead atoms. The van der Waals surface area contributed by atoms with Crippen LogP contribution in [-0.4, -0.2) is 41.3 Å². The summed E-state index contributed by atoms with van der Waals surface area (Å²) in [5.74, 6) is 0.0367. The molecule has 0 fully saturated rings. The molecule has 4 N–H and O–H groups in total. The van der Waals surface area contributed by atoms with E-state index in [-0.39, 0.29) is 36.1 Å². The second-order valence-corrected chi connectivity index (χ2v) is 2.65. The van der Waals surface area contributed by atoms with Crippen molar-refractivity contribution in [2.24, 2.45) is 5.92 Å². The molecule has 2 unspecified atom stereocenters. The topological polar surface area (TPSA) is 72.7 Å². The first-order chi connectivity index (χ1) is 5.20. The van der Waals surface area contributed by atoms with Gasteiger partial charge in [-0.25, -0.2) is 0 Å². The summed E-state index contributed by atoms with van der Waals surface area (Å²) in [6, 6.07) is 0. The predicted molar refractivity (Wildman–Crippen MR) is 52.3 cm³/mol. The molecule has 5 heteroatoms. The van der Waals surface area contributed by atoms with Gasteiger partial charge in [0.05, 0.1) is 0 Å². The Morgan fingerprint density at radius 1 is 1.33 bits per heavy atom. The van der Waals surface area contributed by atoms with Crippen LogP contribution in [0, 0.1) is 5.92 Å². The monoisotopic (exact) mass is 243 g/mol. The highest BCUT2D eigenvalue weighted by Gasteiger charge is 2.06. The summed E-state index contributed by atoms with van der Waals surface area (Å²) in [4.78, 5) is 0. The van der Waals surface area contributed by atoms with Gasteiger partial charge in [-0.2, -0.15) is 0 Å². The van der Waals surface area contributed by atoms with Gasteiger partial charge in [0.25, 0.3) is 0 Å². The molecular formula is C7H18BrNO3. The Kier molecular flexibility index (Phi) is 11.6. The van der Waals surface area contributed by atoms with E-state index in [9.17, 15) is 0 Å². The largest absolute Gasteiger partial charge is 0.396 e. The minimum Gasteiger partial charge on any atom is -0.396 e. The highest BCUT2D eigenvalue weighted by atomic mass is 79.9. The van der Waals surface area contributed by atoms with Crippen molar-refractivity contribution in [1.82, 2.24) is 5.32 Å². The first kappa shape index (κ1) is 14.8. The molecule has 0 aliphatic carbocycles. The Morgan fingerprint density at radius 2 is 1.92 bits per heavy atom. The van der Waals surface area contributed by atoms with E-state index in [0.29, 0.717) is 13.0 Å². The van der Waals surface area contributed by atoms with Gasteiger partial charge in [0.1, 0.15) is 6.23 Å². The maximum atomic E-state index is 8.81. The molecule has 76 valence electrons. The van der Waals surface area contributed by atoms with E-state index in [1.54, 1.807) is 6.92 Å². The van der Waals surface area contributed by atoms with Crippen LogP contribution in [0.25, 0.3) is 0 Å². The van der Waals surface area contributed by atoms with Crippen molar-refractivity contribution in [3.8, 4) is 0 Å². The van der Waals surface area contributed by atoms with Gasteiger partial charge in [0, 0.05) is 19.8 Å². The third-order valence-corrected chi connectivity index (χ3v) is 1.50. The molecule has 0 aromatic carbocycles. The molecule has 0 saturated heterocycles. The van der Waals surface area contributed by atoms with E-state index >= 15 is 0 Å². The molecule has 0 radical (unpaired) electrons. The number of hydrogen-bond donors (Lipinski definition) is 4. The van der Waals surface area contributed by atoms with Crippen LogP contribution in [0.15, 0.2) is 0 Å². The van der Waals surface area contributed by atoms with Crippen molar-refractivity contribution in [2.45, 2.75) is 19.6 Å². The molecule has 0 aliphatic heterocycles. The minimum absolute atomic E-state index is 0. The molecule has 0 aromatic heterocycles. The molecule has 0 saturated carbocycles. The molecule has 0 aliphatic rings. The quantitative estimate of drug-likeness (QED) is 0.474. The van der Waals surface area contributed by atoms with E-state index in [4.69, 9.17) is 15.3 Å². The van der Waals surface area contributed by atoms with Crippen molar-refractivity contribution in [3.63, 3.8) is 0 Å². The van der Waals surface area contributed by atoms with Crippen LogP contribution in [0.2, 0.25) is 0 Å². The van der Waals surface area contributed by atoms with E-state index in [1.807, 2.05) is 0 Å². The summed E-state index contributed by atoms with van der Waals surface area (Å²) < 4.78 is 0. The van der Waals surface area contributed by atoms with Gasteiger partial charge in [0.15, 0.2) is 0 Å². The van der Waals surface area contributed by atoms with E-state index in [2.05, 4.69) is 5.32 Å². The molecule has 0 amide bonds. The summed E-state index contributed by atoms with van der Waals surface area (Å²) in [7, 11) is 0. The van der Waals surface area contributed by atoms with Gasteiger partial charge in [0.2, 0.25) is 0 Å². The number of hydrogen-bond acceptors (Lipinski definition) is 4. The molecule has 0 spiro atoms. The molecule has 0 heterocycles. The maximum absolute atomic E-state index is 8.81. The van der Waals surface area contributed by atoms with Crippen molar-refractivity contribution < 1.29 is 15.3 Å². The van der Waals surface area contributed by atoms with Gasteiger partial charge in [-0.1, -0.05) is 0 Å². The Balaban J connectivity index is 0. The molecular weight excluding hydrogens is 226 g/mol. The second-order valence-electron chi connectivity index (χ2n) is 2.65. The first-order valence-electron chi connectivity index (χ1n) is 3.83. The third kappa shape index (κ3) is 8.42. The van der Waals surface area contributed by atoms with Crippen molar-refractivity contribution in [2.75, 3.05) is 19.8 Å². The Bertz CT molecular complexity index is 92.7. The summed E-state index contributed by atoms with van der Waals surface area (Å²) in [6.07, 6.45) is 0.0127. The van der Waals surface area contributed by atoms with Gasteiger partial charge < -0.3 is 15.3 Å². The number of aliphatic hydroxyl groups is 3. The van der Waals surface area contributed by atoms with Gasteiger partial charge in [-0.3, -0.25) is 5.32 Å². The summed E-state index contributed by atoms with van der Waals surface area (Å²) in [6.45, 7) is 2.27. The molecule has 4 nitrogen and oxygen atoms in total. The Hall–Kier alpha value is 0.320. The molecule has 0 aromatic rings. The lowest BCUT2D eigenvalue weighted by Gasteiger charge is -2.14. The summed E-state index contributed by atoms with van der Waals surface area (Å²) in [5.41, 5.74) is 0. The van der Waals surface area contributed by atoms with Gasteiger partial charge >= 0.3 is 0 Å². The zero-order valence-corrected chi connectivity index (χ0v) is 8.95. The van der Waals surface area contributed by atoms with Crippen LogP contribution in [0.5, 0.6) is 0 Å². The fourth-order valence-corrected chi connectivity index (χ4v) is 0.778. The fraction of sp³-hybridized carbons (Fsp3) is 1.00. The molecule has 2 atom stereocenters. The minimum atomic E-state index is -0.553. The highest BCUT2D eigenvalue weighted by molar-refractivity contribution is 8.93. The lowest BCUT2D eigenvalue weighted by atomic mass is 10.1. The lowest BCUT2D eigenvalue weighted by molar-refractivity contribution is 0.127. The fourth-order valence-electron chi connectivity index (χ4n) is 0.778. The standard InChI is InChI=1S/C7H17NO3.BrH/c1-6(11)8-4-7(5-10)2-3-9;/h6-11H,2-5H2,1H3;1H. The van der Waals surface area contributed by atoms with Crippen molar-refractivity contribution in [1.29, 1.82) is 0 Å². The number of halogens is 1. The zero-order valence-electron chi connectivity index (χ0n) is 7.23. The lowest BCUT2D eigenvalue weighted by Crippen LogP contribution is -2.32. The Labute approximate surface area is 83.4 Å². The number of aliphatic hydroxyl groups excluding tert-OH is 3. The van der Waals surface area contributed by atoms with Gasteiger partial charge in [-0.05, 0) is 19.3 Å². The van der Waals surface area contributed by atoms with E-state index < -0.39 is 6.23 Å². The van der Waals surface area contributed by atoms with Crippen LogP contribution < -0.4 is 5.32 Å². The second kappa shape index (κ2) is 9.41. The smallest absolute Gasteiger partial charge is 0.102 e. The average Bonchev–Trinajstić information content (AvgIpc) is 1.97. The number of nitrogens with one attached hydrogen (secondary N) is 1. The van der Waals surface area contributed by atoms with Crippen LogP contribution in [-0.2, 0) is 0 Å². The van der Waals surface area contributed by atoms with Crippen LogP contribution in [0.3, 0.4) is 0 Å². The van der Waals surface area contributed by atoms with Crippen LogP contribution >= 0.6 is 17.0 Å². The maximum Gasteiger partial charge on any atom is 0.102 e. The number of rotatable bonds is 6. The SMILES string of the molecule is Br.CC(O)NCC(CO)CCO. The first-order valence-corrected chi connectivity index (χ1v) is 3.83. The van der Waals surface area contributed by atoms with E-state index in [1.165, 1.54) is 0 Å². The van der Waals surface area contributed by atoms with Crippen LogP contribution in [0.1, 0.15) is 13.3 Å². The van der Waals surface area contributed by atoms with Gasteiger partial charge in [-0.15, -0.1) is 17.0 Å². The Morgan fingerprint density at radius 3 is 2.25 bits per heavy atom. The zero-order chi connectivity index (χ0) is 8.69. The summed E-state index contributed by atoms with van der Waals surface area (Å²) >= 11 is 0. The highest BCUT2D eigenvalue weighted by Crippen LogP contribution is 1.98. The molecule has 12 heavy (non-hydrogen) atoms. The average molecular weight is 244 g/mol.